The number of carbonyl (C=O) groups excluding carboxylic acids is 1. The fourth-order valence-electron chi connectivity index (χ4n) is 2.88. The Labute approximate surface area is 156 Å². The molecule has 26 heavy (non-hydrogen) atoms. The Kier molecular flexibility index (Phi) is 7.46. The van der Waals surface area contributed by atoms with E-state index in [1.165, 1.54) is 18.6 Å². The minimum Gasteiger partial charge on any atom is -0.481 e. The summed E-state index contributed by atoms with van der Waals surface area (Å²) in [4.78, 5) is 12.4. The SMILES string of the molecule is CC(C)CNS(=O)(=O)c1ccc(O[C@H](C)C(=O)NC2CCCCC2)cc1. The summed E-state index contributed by atoms with van der Waals surface area (Å²) < 4.78 is 32.6. The van der Waals surface area contributed by atoms with Crippen molar-refractivity contribution >= 4 is 15.9 Å². The number of hydrogen-bond acceptors (Lipinski definition) is 4. The van der Waals surface area contributed by atoms with Crippen LogP contribution in [0.25, 0.3) is 0 Å². The highest BCUT2D eigenvalue weighted by molar-refractivity contribution is 7.89. The largest absolute Gasteiger partial charge is 0.481 e. The molecule has 0 heterocycles. The summed E-state index contributed by atoms with van der Waals surface area (Å²) in [6, 6.07) is 6.37. The summed E-state index contributed by atoms with van der Waals surface area (Å²) in [5.74, 6) is 0.571. The average Bonchev–Trinajstić information content (AvgIpc) is 2.61. The molecule has 1 amide bonds. The maximum Gasteiger partial charge on any atom is 0.260 e. The van der Waals surface area contributed by atoms with Gasteiger partial charge in [0.25, 0.3) is 5.91 Å². The quantitative estimate of drug-likeness (QED) is 0.724. The van der Waals surface area contributed by atoms with Gasteiger partial charge in [0, 0.05) is 12.6 Å². The van der Waals surface area contributed by atoms with Crippen LogP contribution in [0.3, 0.4) is 0 Å². The van der Waals surface area contributed by atoms with Gasteiger partial charge in [-0.1, -0.05) is 33.1 Å². The highest BCUT2D eigenvalue weighted by Gasteiger charge is 2.21. The second kappa shape index (κ2) is 9.37. The van der Waals surface area contributed by atoms with Crippen molar-refractivity contribution in [2.24, 2.45) is 5.92 Å². The monoisotopic (exact) mass is 382 g/mol. The molecule has 0 spiro atoms. The van der Waals surface area contributed by atoms with Crippen LogP contribution in [0, 0.1) is 5.92 Å². The maximum atomic E-state index is 12.2. The molecule has 2 rings (SSSR count). The van der Waals surface area contributed by atoms with Crippen LogP contribution in [0.5, 0.6) is 5.75 Å². The third-order valence-corrected chi connectivity index (χ3v) is 5.89. The zero-order valence-corrected chi connectivity index (χ0v) is 16.6. The van der Waals surface area contributed by atoms with E-state index in [9.17, 15) is 13.2 Å². The molecule has 0 unspecified atom stereocenters. The van der Waals surface area contributed by atoms with Gasteiger partial charge in [-0.3, -0.25) is 4.79 Å². The molecular weight excluding hydrogens is 352 g/mol. The van der Waals surface area contributed by atoms with E-state index in [-0.39, 0.29) is 22.8 Å². The highest BCUT2D eigenvalue weighted by Crippen LogP contribution is 2.19. The minimum absolute atomic E-state index is 0.132. The third-order valence-electron chi connectivity index (χ3n) is 4.45. The molecule has 1 aliphatic carbocycles. The Morgan fingerprint density at radius 3 is 2.31 bits per heavy atom. The second-order valence-corrected chi connectivity index (χ2v) is 9.09. The molecule has 1 aromatic rings. The number of benzene rings is 1. The smallest absolute Gasteiger partial charge is 0.260 e. The van der Waals surface area contributed by atoms with Crippen LogP contribution in [0.2, 0.25) is 0 Å². The van der Waals surface area contributed by atoms with Gasteiger partial charge in [-0.05, 0) is 49.9 Å². The lowest BCUT2D eigenvalue weighted by Crippen LogP contribution is -2.43. The lowest BCUT2D eigenvalue weighted by molar-refractivity contribution is -0.128. The minimum atomic E-state index is -3.52. The van der Waals surface area contributed by atoms with Gasteiger partial charge in [-0.15, -0.1) is 0 Å². The Morgan fingerprint density at radius 2 is 1.73 bits per heavy atom. The van der Waals surface area contributed by atoms with Crippen LogP contribution in [-0.4, -0.2) is 33.0 Å². The van der Waals surface area contributed by atoms with Crippen molar-refractivity contribution in [1.82, 2.24) is 10.0 Å². The number of sulfonamides is 1. The molecule has 1 saturated carbocycles. The lowest BCUT2D eigenvalue weighted by Gasteiger charge is -2.24. The van der Waals surface area contributed by atoms with Gasteiger partial charge >= 0.3 is 0 Å². The summed E-state index contributed by atoms with van der Waals surface area (Å²) in [5.41, 5.74) is 0. The van der Waals surface area contributed by atoms with Crippen molar-refractivity contribution in [2.75, 3.05) is 6.54 Å². The van der Waals surface area contributed by atoms with E-state index in [1.807, 2.05) is 13.8 Å². The van der Waals surface area contributed by atoms with Crippen molar-refractivity contribution < 1.29 is 17.9 Å². The van der Waals surface area contributed by atoms with Crippen LogP contribution < -0.4 is 14.8 Å². The molecule has 1 aliphatic rings. The first kappa shape index (κ1) is 20.7. The predicted octanol–water partition coefficient (Wildman–Crippen LogP) is 2.84. The molecular formula is C19H30N2O4S. The molecule has 1 fully saturated rings. The fraction of sp³-hybridized carbons (Fsp3) is 0.632. The fourth-order valence-corrected chi connectivity index (χ4v) is 4.09. The molecule has 0 aromatic heterocycles. The molecule has 6 nitrogen and oxygen atoms in total. The highest BCUT2D eigenvalue weighted by atomic mass is 32.2. The Balaban J connectivity index is 1.90. The van der Waals surface area contributed by atoms with E-state index in [2.05, 4.69) is 10.0 Å². The average molecular weight is 383 g/mol. The van der Waals surface area contributed by atoms with E-state index in [0.717, 1.165) is 25.7 Å². The van der Waals surface area contributed by atoms with Gasteiger partial charge in [0.15, 0.2) is 6.10 Å². The van der Waals surface area contributed by atoms with Crippen molar-refractivity contribution in [3.05, 3.63) is 24.3 Å². The van der Waals surface area contributed by atoms with Crippen molar-refractivity contribution in [3.63, 3.8) is 0 Å². The van der Waals surface area contributed by atoms with Gasteiger partial charge < -0.3 is 10.1 Å². The van der Waals surface area contributed by atoms with Crippen molar-refractivity contribution in [3.8, 4) is 5.75 Å². The zero-order chi connectivity index (χ0) is 19.2. The molecule has 0 bridgehead atoms. The van der Waals surface area contributed by atoms with Crippen molar-refractivity contribution in [2.45, 2.75) is 69.9 Å². The Bertz CT molecular complexity index is 680. The molecule has 2 N–H and O–H groups in total. The maximum absolute atomic E-state index is 12.2. The number of carbonyl (C=O) groups is 1. The zero-order valence-electron chi connectivity index (χ0n) is 15.8. The Morgan fingerprint density at radius 1 is 1.12 bits per heavy atom. The standard InChI is InChI=1S/C19H30N2O4S/c1-14(2)13-20-26(23,24)18-11-9-17(10-12-18)25-15(3)19(22)21-16-7-5-4-6-8-16/h9-12,14-16,20H,4-8,13H2,1-3H3,(H,21,22)/t15-/m1/s1. The molecule has 0 radical (unpaired) electrons. The number of hydrogen-bond donors (Lipinski definition) is 2. The van der Waals surface area contributed by atoms with Crippen LogP contribution in [-0.2, 0) is 14.8 Å². The summed E-state index contributed by atoms with van der Waals surface area (Å²) in [7, 11) is -3.52. The lowest BCUT2D eigenvalue weighted by atomic mass is 9.95. The predicted molar refractivity (Wildman–Crippen MR) is 102 cm³/mol. The number of nitrogens with one attached hydrogen (secondary N) is 2. The van der Waals surface area contributed by atoms with E-state index >= 15 is 0 Å². The number of ether oxygens (including phenoxy) is 1. The molecule has 1 atom stereocenters. The normalized spacial score (nSPS) is 17.1. The first-order valence-electron chi connectivity index (χ1n) is 9.34. The first-order valence-corrected chi connectivity index (χ1v) is 10.8. The summed E-state index contributed by atoms with van der Waals surface area (Å²) in [6.07, 6.45) is 4.96. The topological polar surface area (TPSA) is 84.5 Å². The van der Waals surface area contributed by atoms with E-state index in [1.54, 1.807) is 19.1 Å². The van der Waals surface area contributed by atoms with Crippen molar-refractivity contribution in [1.29, 1.82) is 0 Å². The summed E-state index contributed by atoms with van der Waals surface area (Å²) >= 11 is 0. The van der Waals surface area contributed by atoms with Crippen LogP contribution in [0.1, 0.15) is 52.9 Å². The van der Waals surface area contributed by atoms with Gasteiger partial charge in [0.1, 0.15) is 5.75 Å². The van der Waals surface area contributed by atoms with Gasteiger partial charge in [-0.2, -0.15) is 0 Å². The molecule has 0 aliphatic heterocycles. The van der Waals surface area contributed by atoms with Gasteiger partial charge in [-0.25, -0.2) is 13.1 Å². The van der Waals surface area contributed by atoms with Crippen LogP contribution in [0.15, 0.2) is 29.2 Å². The van der Waals surface area contributed by atoms with Gasteiger partial charge in [0.2, 0.25) is 10.0 Å². The molecule has 1 aromatic carbocycles. The van der Waals surface area contributed by atoms with E-state index in [4.69, 9.17) is 4.74 Å². The van der Waals surface area contributed by atoms with Crippen LogP contribution >= 0.6 is 0 Å². The summed E-state index contributed by atoms with van der Waals surface area (Å²) in [5, 5.41) is 3.03. The second-order valence-electron chi connectivity index (χ2n) is 7.32. The first-order chi connectivity index (χ1) is 12.3. The third kappa shape index (κ3) is 6.29. The Hall–Kier alpha value is -1.60. The summed E-state index contributed by atoms with van der Waals surface area (Å²) in [6.45, 7) is 5.98. The number of amides is 1. The molecule has 7 heteroatoms. The number of rotatable bonds is 8. The van der Waals surface area contributed by atoms with Gasteiger partial charge in [0.05, 0.1) is 4.90 Å². The van der Waals surface area contributed by atoms with E-state index in [0.29, 0.717) is 12.3 Å². The van der Waals surface area contributed by atoms with E-state index < -0.39 is 16.1 Å². The molecule has 0 saturated heterocycles. The molecule has 146 valence electrons. The van der Waals surface area contributed by atoms with Crippen LogP contribution in [0.4, 0.5) is 0 Å².